The van der Waals surface area contributed by atoms with E-state index in [1.807, 2.05) is 0 Å². The third-order valence-electron chi connectivity index (χ3n) is 12.7. The van der Waals surface area contributed by atoms with Crippen LogP contribution in [0.15, 0.2) is 23.3 Å². The lowest BCUT2D eigenvalue weighted by atomic mass is 9.35. The van der Waals surface area contributed by atoms with Gasteiger partial charge in [0.2, 0.25) is 0 Å². The monoisotopic (exact) mass is 472 g/mol. The molecular weight excluding hydrogens is 424 g/mol. The molecule has 0 aromatic rings. The molecule has 0 amide bonds. The van der Waals surface area contributed by atoms with E-state index in [1.165, 1.54) is 11.1 Å². The van der Waals surface area contributed by atoms with Gasteiger partial charge in [-0.25, -0.2) is 0 Å². The number of rotatable bonds is 2. The maximum atomic E-state index is 11.7. The van der Waals surface area contributed by atoms with E-state index in [2.05, 4.69) is 53.7 Å². The molecule has 0 radical (unpaired) electrons. The molecule has 0 saturated heterocycles. The van der Waals surface area contributed by atoms with Gasteiger partial charge in [-0.1, -0.05) is 59.3 Å². The molecule has 0 spiro atoms. The fourth-order valence-corrected chi connectivity index (χ4v) is 10.1. The van der Waals surface area contributed by atoms with Crippen molar-refractivity contribution >= 4 is 0 Å². The van der Waals surface area contributed by atoms with Crippen molar-refractivity contribution in [1.29, 1.82) is 0 Å². The second-order valence-electron chi connectivity index (χ2n) is 14.7. The lowest BCUT2D eigenvalue weighted by Gasteiger charge is -2.70. The predicted molar refractivity (Wildman–Crippen MR) is 135 cm³/mol. The van der Waals surface area contributed by atoms with Crippen LogP contribution in [0, 0.1) is 44.3 Å². The largest absolute Gasteiger partial charge is 0.396 e. The van der Waals surface area contributed by atoms with Crippen molar-refractivity contribution in [3.63, 3.8) is 0 Å². The first-order chi connectivity index (χ1) is 15.7. The number of hydrogen-bond donors (Lipinski definition) is 4. The fourth-order valence-electron chi connectivity index (χ4n) is 10.1. The van der Waals surface area contributed by atoms with Crippen molar-refractivity contribution in [1.82, 2.24) is 0 Å². The van der Waals surface area contributed by atoms with Crippen molar-refractivity contribution in [3.05, 3.63) is 23.3 Å². The molecule has 4 heteroatoms. The third kappa shape index (κ3) is 2.86. The van der Waals surface area contributed by atoms with E-state index in [-0.39, 0.29) is 40.8 Å². The van der Waals surface area contributed by atoms with Crippen LogP contribution in [0.4, 0.5) is 0 Å². The molecule has 3 fully saturated rings. The predicted octanol–water partition coefficient (Wildman–Crippen LogP) is 5.00. The van der Waals surface area contributed by atoms with Crippen LogP contribution >= 0.6 is 0 Å². The number of hydrogen-bond acceptors (Lipinski definition) is 4. The SMILES string of the molecule is CC1(C)CC[C@@]2(CO)C(=C3C=C[C@@H]4[C@@]5(C)CC[C@H](O)[C@](C)(CO)[C@@H]5CC[C@@]4(C)[C@]3(C)C[C@@H]2O)C1. The topological polar surface area (TPSA) is 80.9 Å². The van der Waals surface area contributed by atoms with Gasteiger partial charge in [-0.15, -0.1) is 0 Å². The highest BCUT2D eigenvalue weighted by atomic mass is 16.3. The molecule has 34 heavy (non-hydrogen) atoms. The van der Waals surface area contributed by atoms with E-state index in [0.29, 0.717) is 12.3 Å². The van der Waals surface area contributed by atoms with Crippen LogP contribution in [0.1, 0.15) is 92.9 Å². The van der Waals surface area contributed by atoms with E-state index in [4.69, 9.17) is 0 Å². The first-order valence-corrected chi connectivity index (χ1v) is 13.7. The average Bonchev–Trinajstić information content (AvgIpc) is 2.77. The highest BCUT2D eigenvalue weighted by molar-refractivity contribution is 5.47. The van der Waals surface area contributed by atoms with Gasteiger partial charge >= 0.3 is 0 Å². The van der Waals surface area contributed by atoms with Crippen molar-refractivity contribution in [2.75, 3.05) is 13.2 Å². The molecule has 0 unspecified atom stereocenters. The van der Waals surface area contributed by atoms with Crippen LogP contribution in [-0.2, 0) is 0 Å². The minimum atomic E-state index is -0.525. The molecule has 5 aliphatic carbocycles. The molecule has 5 rings (SSSR count). The Morgan fingerprint density at radius 3 is 2.21 bits per heavy atom. The Hall–Kier alpha value is -0.680. The van der Waals surface area contributed by atoms with Gasteiger partial charge in [-0.3, -0.25) is 0 Å². The summed E-state index contributed by atoms with van der Waals surface area (Å²) in [6, 6.07) is 0. The summed E-state index contributed by atoms with van der Waals surface area (Å²) in [6.07, 6.45) is 11.1. The summed E-state index contributed by atoms with van der Waals surface area (Å²) in [4.78, 5) is 0. The number of aliphatic hydroxyl groups is 4. The Bertz CT molecular complexity index is 921. The smallest absolute Gasteiger partial charge is 0.0664 e. The summed E-state index contributed by atoms with van der Waals surface area (Å²) in [5.74, 6) is 0.602. The van der Waals surface area contributed by atoms with Crippen molar-refractivity contribution in [2.45, 2.75) is 105 Å². The molecule has 3 saturated carbocycles. The molecule has 0 bridgehead atoms. The third-order valence-corrected chi connectivity index (χ3v) is 12.7. The molecule has 4 N–H and O–H groups in total. The molecule has 9 atom stereocenters. The van der Waals surface area contributed by atoms with Crippen molar-refractivity contribution in [2.24, 2.45) is 44.3 Å². The maximum Gasteiger partial charge on any atom is 0.0664 e. The van der Waals surface area contributed by atoms with Gasteiger partial charge in [-0.05, 0) is 85.0 Å². The minimum absolute atomic E-state index is 0.00171. The molecule has 5 aliphatic rings. The summed E-state index contributed by atoms with van der Waals surface area (Å²) < 4.78 is 0. The Morgan fingerprint density at radius 2 is 1.56 bits per heavy atom. The Labute approximate surface area is 206 Å². The molecular formula is C30H48O4. The fraction of sp³-hybridized carbons (Fsp3) is 0.867. The van der Waals surface area contributed by atoms with E-state index in [9.17, 15) is 20.4 Å². The normalized spacial score (nSPS) is 54.1. The van der Waals surface area contributed by atoms with Gasteiger partial charge in [0.05, 0.1) is 25.4 Å². The van der Waals surface area contributed by atoms with Crippen molar-refractivity contribution in [3.8, 4) is 0 Å². The maximum absolute atomic E-state index is 11.7. The van der Waals surface area contributed by atoms with Gasteiger partial charge in [0.25, 0.3) is 0 Å². The Kier molecular flexibility index (Phi) is 5.46. The Morgan fingerprint density at radius 1 is 0.853 bits per heavy atom. The summed E-state index contributed by atoms with van der Waals surface area (Å²) in [7, 11) is 0. The van der Waals surface area contributed by atoms with Gasteiger partial charge in [-0.2, -0.15) is 0 Å². The molecule has 0 heterocycles. The van der Waals surface area contributed by atoms with Crippen LogP contribution in [-0.4, -0.2) is 45.8 Å². The molecule has 0 aromatic carbocycles. The van der Waals surface area contributed by atoms with E-state index >= 15 is 0 Å². The average molecular weight is 473 g/mol. The molecule has 0 aromatic heterocycles. The lowest BCUT2D eigenvalue weighted by Crippen LogP contribution is -2.65. The molecule has 192 valence electrons. The van der Waals surface area contributed by atoms with Crippen molar-refractivity contribution < 1.29 is 20.4 Å². The summed E-state index contributed by atoms with van der Waals surface area (Å²) >= 11 is 0. The van der Waals surface area contributed by atoms with Crippen LogP contribution in [0.2, 0.25) is 0 Å². The standard InChI is InChI=1S/C30H48O4/c1-25(2)13-14-30(18-32)20(15-25)19-7-8-22-26(3)11-10-23(33)27(4,17-31)21(26)9-12-28(22,5)29(19,6)16-24(30)34/h7-8,21-24,31-34H,9-18H2,1-6H3/t21-,22-,23+,24+,26+,27-,28-,29-,30-/m1/s1. The zero-order valence-electron chi connectivity index (χ0n) is 22.3. The van der Waals surface area contributed by atoms with Gasteiger partial charge in [0.1, 0.15) is 0 Å². The Balaban J connectivity index is 1.68. The second-order valence-corrected chi connectivity index (χ2v) is 14.7. The quantitative estimate of drug-likeness (QED) is 0.456. The van der Waals surface area contributed by atoms with E-state index in [1.54, 1.807) is 0 Å². The van der Waals surface area contributed by atoms with Crippen LogP contribution in [0.3, 0.4) is 0 Å². The number of fused-ring (bicyclic) bond motifs is 6. The van der Waals surface area contributed by atoms with Gasteiger partial charge in [0, 0.05) is 16.2 Å². The second kappa shape index (κ2) is 7.43. The minimum Gasteiger partial charge on any atom is -0.396 e. The summed E-state index contributed by atoms with van der Waals surface area (Å²) in [6.45, 7) is 14.1. The zero-order chi connectivity index (χ0) is 24.9. The highest BCUT2D eigenvalue weighted by Crippen LogP contribution is 2.74. The summed E-state index contributed by atoms with van der Waals surface area (Å²) in [5, 5.41) is 43.6. The number of allylic oxidation sites excluding steroid dienone is 3. The lowest BCUT2D eigenvalue weighted by molar-refractivity contribution is -0.203. The highest BCUT2D eigenvalue weighted by Gasteiger charge is 2.68. The van der Waals surface area contributed by atoms with Gasteiger partial charge < -0.3 is 20.4 Å². The van der Waals surface area contributed by atoms with E-state index < -0.39 is 23.0 Å². The summed E-state index contributed by atoms with van der Waals surface area (Å²) in [5.41, 5.74) is 1.75. The van der Waals surface area contributed by atoms with Crippen LogP contribution < -0.4 is 0 Å². The number of aliphatic hydroxyl groups excluding tert-OH is 4. The van der Waals surface area contributed by atoms with Crippen LogP contribution in [0.5, 0.6) is 0 Å². The van der Waals surface area contributed by atoms with Crippen LogP contribution in [0.25, 0.3) is 0 Å². The molecule has 0 aliphatic heterocycles. The molecule has 4 nitrogen and oxygen atoms in total. The first-order valence-electron chi connectivity index (χ1n) is 13.7. The van der Waals surface area contributed by atoms with Gasteiger partial charge in [0.15, 0.2) is 0 Å². The first kappa shape index (κ1) is 25.0. The van der Waals surface area contributed by atoms with E-state index in [0.717, 1.165) is 44.9 Å². The zero-order valence-corrected chi connectivity index (χ0v) is 22.3.